The molecule has 2 N–H and O–H groups in total. The Morgan fingerprint density at radius 2 is 1.96 bits per heavy atom. The monoisotopic (exact) mass is 365 g/mol. The molecule has 2 aromatic carbocycles. The van der Waals surface area contributed by atoms with Gasteiger partial charge in [-0.25, -0.2) is 0 Å². The molecule has 2 amide bonds. The minimum Gasteiger partial charge on any atom is -0.497 e. The lowest BCUT2D eigenvalue weighted by atomic mass is 10.1. The lowest BCUT2D eigenvalue weighted by Gasteiger charge is -2.17. The van der Waals surface area contributed by atoms with E-state index in [9.17, 15) is 9.59 Å². The summed E-state index contributed by atoms with van der Waals surface area (Å²) in [7, 11) is 1.61. The number of hydrogen-bond donors (Lipinski definition) is 2. The molecule has 0 radical (unpaired) electrons. The Morgan fingerprint density at radius 1 is 1.19 bits per heavy atom. The van der Waals surface area contributed by atoms with Crippen LogP contribution in [-0.2, 0) is 29.2 Å². The van der Waals surface area contributed by atoms with Crippen molar-refractivity contribution < 1.29 is 14.3 Å². The average molecular weight is 365 g/mol. The maximum absolute atomic E-state index is 12.6. The summed E-state index contributed by atoms with van der Waals surface area (Å²) in [6.45, 7) is 2.68. The molecule has 27 heavy (non-hydrogen) atoms. The molecular weight excluding hydrogens is 342 g/mol. The van der Waals surface area contributed by atoms with E-state index in [4.69, 9.17) is 4.74 Å². The van der Waals surface area contributed by atoms with E-state index in [1.807, 2.05) is 24.3 Å². The quantitative estimate of drug-likeness (QED) is 0.850. The van der Waals surface area contributed by atoms with Gasteiger partial charge in [0.15, 0.2) is 0 Å². The second kappa shape index (κ2) is 7.40. The van der Waals surface area contributed by atoms with E-state index in [2.05, 4.69) is 28.8 Å². The van der Waals surface area contributed by atoms with Gasteiger partial charge < -0.3 is 20.3 Å². The molecule has 1 fully saturated rings. The number of nitrogens with zero attached hydrogens (tertiary/aromatic N) is 1. The summed E-state index contributed by atoms with van der Waals surface area (Å²) in [6, 6.07) is 13.6. The first-order valence-electron chi connectivity index (χ1n) is 9.17. The van der Waals surface area contributed by atoms with Gasteiger partial charge >= 0.3 is 0 Å². The predicted molar refractivity (Wildman–Crippen MR) is 102 cm³/mol. The molecule has 0 saturated carbocycles. The van der Waals surface area contributed by atoms with Gasteiger partial charge in [-0.15, -0.1) is 0 Å². The highest BCUT2D eigenvalue weighted by Gasteiger charge is 2.35. The molecule has 2 aliphatic rings. The highest BCUT2D eigenvalue weighted by Crippen LogP contribution is 2.27. The van der Waals surface area contributed by atoms with Gasteiger partial charge in [0, 0.05) is 38.3 Å². The number of fused-ring (bicyclic) bond motifs is 1. The molecule has 6 nitrogen and oxygen atoms in total. The minimum atomic E-state index is -0.323. The van der Waals surface area contributed by atoms with Crippen molar-refractivity contribution in [2.45, 2.75) is 26.1 Å². The van der Waals surface area contributed by atoms with E-state index in [0.29, 0.717) is 13.1 Å². The van der Waals surface area contributed by atoms with Crippen LogP contribution in [0.1, 0.15) is 23.1 Å². The van der Waals surface area contributed by atoms with E-state index in [-0.39, 0.29) is 24.2 Å². The molecule has 2 aromatic rings. The lowest BCUT2D eigenvalue weighted by molar-refractivity contribution is -0.126. The van der Waals surface area contributed by atoms with Gasteiger partial charge in [0.2, 0.25) is 11.8 Å². The topological polar surface area (TPSA) is 70.7 Å². The maximum Gasteiger partial charge on any atom is 0.227 e. The molecule has 0 aromatic heterocycles. The first kappa shape index (κ1) is 17.5. The first-order valence-corrected chi connectivity index (χ1v) is 9.17. The van der Waals surface area contributed by atoms with Gasteiger partial charge in [0.05, 0.1) is 13.0 Å². The van der Waals surface area contributed by atoms with Gasteiger partial charge in [-0.1, -0.05) is 18.2 Å². The van der Waals surface area contributed by atoms with Crippen LogP contribution in [0.4, 0.5) is 5.69 Å². The number of carbonyl (C=O) groups excluding carboxylic acids is 2. The number of rotatable bonds is 5. The molecule has 1 unspecified atom stereocenters. The highest BCUT2D eigenvalue weighted by molar-refractivity contribution is 6.00. The van der Waals surface area contributed by atoms with Gasteiger partial charge in [-0.2, -0.15) is 0 Å². The van der Waals surface area contributed by atoms with Crippen molar-refractivity contribution in [1.29, 1.82) is 0 Å². The van der Waals surface area contributed by atoms with Crippen molar-refractivity contribution in [1.82, 2.24) is 10.6 Å². The molecule has 6 heteroatoms. The summed E-state index contributed by atoms with van der Waals surface area (Å²) in [4.78, 5) is 26.6. The Hall–Kier alpha value is -2.86. The van der Waals surface area contributed by atoms with E-state index >= 15 is 0 Å². The van der Waals surface area contributed by atoms with Crippen LogP contribution in [0.2, 0.25) is 0 Å². The normalized spacial score (nSPS) is 18.5. The van der Waals surface area contributed by atoms with E-state index in [1.165, 1.54) is 11.1 Å². The zero-order valence-corrected chi connectivity index (χ0v) is 15.3. The number of nitrogens with one attached hydrogen (secondary N) is 2. The van der Waals surface area contributed by atoms with E-state index < -0.39 is 0 Å². The molecular formula is C21H23N3O3. The van der Waals surface area contributed by atoms with Crippen LogP contribution in [0, 0.1) is 5.92 Å². The van der Waals surface area contributed by atoms with Crippen LogP contribution >= 0.6 is 0 Å². The van der Waals surface area contributed by atoms with Gasteiger partial charge in [0.1, 0.15) is 5.75 Å². The van der Waals surface area contributed by atoms with Crippen molar-refractivity contribution >= 4 is 17.5 Å². The fourth-order valence-electron chi connectivity index (χ4n) is 3.69. The molecule has 4 rings (SSSR count). The van der Waals surface area contributed by atoms with Crippen LogP contribution < -0.4 is 20.3 Å². The number of carbonyl (C=O) groups is 2. The predicted octanol–water partition coefficient (Wildman–Crippen LogP) is 1.97. The summed E-state index contributed by atoms with van der Waals surface area (Å²) in [6.07, 6.45) is 0.242. The van der Waals surface area contributed by atoms with Gasteiger partial charge in [-0.05, 0) is 41.0 Å². The fourth-order valence-corrected chi connectivity index (χ4v) is 3.69. The zero-order chi connectivity index (χ0) is 18.8. The Balaban J connectivity index is 1.36. The standard InChI is InChI=1S/C21H23N3O3/c1-27-19-6-4-18(5-7-19)24-13-17(9-20(24)25)21(26)23-10-14-2-3-15-11-22-12-16(15)8-14/h2-8,17,22H,9-13H2,1H3,(H,23,26). The number of amides is 2. The van der Waals surface area contributed by atoms with Crippen molar-refractivity contribution in [2.24, 2.45) is 5.92 Å². The third-order valence-corrected chi connectivity index (χ3v) is 5.25. The van der Waals surface area contributed by atoms with Crippen LogP contribution in [0.5, 0.6) is 5.75 Å². The second-order valence-electron chi connectivity index (χ2n) is 7.03. The summed E-state index contributed by atoms with van der Waals surface area (Å²) in [5.74, 6) is 0.321. The molecule has 0 spiro atoms. The minimum absolute atomic E-state index is 0.0241. The van der Waals surface area contributed by atoms with Crippen LogP contribution in [-0.4, -0.2) is 25.5 Å². The lowest BCUT2D eigenvalue weighted by Crippen LogP contribution is -2.32. The number of hydrogen-bond acceptors (Lipinski definition) is 4. The van der Waals surface area contributed by atoms with E-state index in [0.717, 1.165) is 30.1 Å². The molecule has 1 atom stereocenters. The molecule has 140 valence electrons. The molecule has 0 bridgehead atoms. The van der Waals surface area contributed by atoms with Crippen LogP contribution in [0.15, 0.2) is 42.5 Å². The second-order valence-corrected chi connectivity index (χ2v) is 7.03. The van der Waals surface area contributed by atoms with Crippen molar-refractivity contribution in [3.05, 3.63) is 59.2 Å². The largest absolute Gasteiger partial charge is 0.497 e. The number of anilines is 1. The summed E-state index contributed by atoms with van der Waals surface area (Å²) >= 11 is 0. The summed E-state index contributed by atoms with van der Waals surface area (Å²) < 4.78 is 5.15. The van der Waals surface area contributed by atoms with Gasteiger partial charge in [-0.3, -0.25) is 9.59 Å². The van der Waals surface area contributed by atoms with Crippen LogP contribution in [0.25, 0.3) is 0 Å². The number of benzene rings is 2. The Bertz CT molecular complexity index is 863. The Labute approximate surface area is 158 Å². The van der Waals surface area contributed by atoms with Crippen molar-refractivity contribution in [3.63, 3.8) is 0 Å². The molecule has 0 aliphatic carbocycles. The van der Waals surface area contributed by atoms with Gasteiger partial charge in [0.25, 0.3) is 0 Å². The molecule has 2 aliphatic heterocycles. The third-order valence-electron chi connectivity index (χ3n) is 5.25. The first-order chi connectivity index (χ1) is 13.1. The molecule has 1 saturated heterocycles. The number of ether oxygens (including phenoxy) is 1. The van der Waals surface area contributed by atoms with Crippen LogP contribution in [0.3, 0.4) is 0 Å². The van der Waals surface area contributed by atoms with Crippen molar-refractivity contribution in [3.8, 4) is 5.75 Å². The SMILES string of the molecule is COc1ccc(N2CC(C(=O)NCc3ccc4c(c3)CNC4)CC2=O)cc1. The maximum atomic E-state index is 12.6. The fraction of sp³-hybridized carbons (Fsp3) is 0.333. The highest BCUT2D eigenvalue weighted by atomic mass is 16.5. The third kappa shape index (κ3) is 3.66. The summed E-state index contributed by atoms with van der Waals surface area (Å²) in [5, 5.41) is 6.30. The zero-order valence-electron chi connectivity index (χ0n) is 15.3. The Kier molecular flexibility index (Phi) is 4.81. The average Bonchev–Trinajstić information content (AvgIpc) is 3.32. The Morgan fingerprint density at radius 3 is 2.74 bits per heavy atom. The summed E-state index contributed by atoms with van der Waals surface area (Å²) in [5.41, 5.74) is 4.49. The molecule has 2 heterocycles. The van der Waals surface area contributed by atoms with E-state index in [1.54, 1.807) is 12.0 Å². The van der Waals surface area contributed by atoms with Crippen molar-refractivity contribution in [2.75, 3.05) is 18.6 Å². The smallest absolute Gasteiger partial charge is 0.227 e. The number of methoxy groups -OCH3 is 1.